The summed E-state index contributed by atoms with van der Waals surface area (Å²) in [4.78, 5) is 14.7. The second-order valence-electron chi connectivity index (χ2n) is 14.4. The van der Waals surface area contributed by atoms with E-state index in [0.717, 1.165) is 66.5 Å². The fraction of sp³-hybridized carbons (Fsp3) is 0. The van der Waals surface area contributed by atoms with Crippen molar-refractivity contribution in [2.45, 2.75) is 0 Å². The number of nitriles is 1. The highest BCUT2D eigenvalue weighted by Gasteiger charge is 2.20. The van der Waals surface area contributed by atoms with E-state index in [1.165, 1.54) is 16.3 Å². The van der Waals surface area contributed by atoms with E-state index in [0.29, 0.717) is 23.0 Å². The number of benzene rings is 8. The van der Waals surface area contributed by atoms with E-state index < -0.39 is 0 Å². The monoisotopic (exact) mass is 740 g/mol. The van der Waals surface area contributed by atoms with E-state index in [1.807, 2.05) is 84.9 Å². The highest BCUT2D eigenvalue weighted by atomic mass is 15.0. The molecule has 3 heterocycles. The van der Waals surface area contributed by atoms with Gasteiger partial charge in [-0.25, -0.2) is 15.0 Å². The van der Waals surface area contributed by atoms with Crippen LogP contribution in [-0.2, 0) is 0 Å². The van der Waals surface area contributed by atoms with E-state index in [4.69, 9.17) is 15.0 Å². The quantitative estimate of drug-likeness (QED) is 0.170. The van der Waals surface area contributed by atoms with Crippen molar-refractivity contribution in [2.75, 3.05) is 0 Å². The summed E-state index contributed by atoms with van der Waals surface area (Å²) in [6.45, 7) is 0. The average Bonchev–Trinajstić information content (AvgIpc) is 3.80. The molecule has 0 spiro atoms. The maximum atomic E-state index is 10.7. The van der Waals surface area contributed by atoms with Gasteiger partial charge in [-0.15, -0.1) is 0 Å². The van der Waals surface area contributed by atoms with Crippen molar-refractivity contribution in [3.8, 4) is 62.7 Å². The van der Waals surface area contributed by atoms with Gasteiger partial charge in [0.25, 0.3) is 0 Å². The molecule has 0 saturated carbocycles. The van der Waals surface area contributed by atoms with Crippen LogP contribution in [0.3, 0.4) is 0 Å². The Morgan fingerprint density at radius 3 is 1.36 bits per heavy atom. The number of para-hydroxylation sites is 3. The molecule has 6 nitrogen and oxygen atoms in total. The van der Waals surface area contributed by atoms with Crippen LogP contribution in [0.4, 0.5) is 0 Å². The van der Waals surface area contributed by atoms with Crippen molar-refractivity contribution >= 4 is 43.6 Å². The average molecular weight is 741 g/mol. The highest BCUT2D eigenvalue weighted by Crippen LogP contribution is 2.41. The molecule has 11 aromatic rings. The number of hydrogen-bond donors (Lipinski definition) is 0. The Bertz CT molecular complexity index is 3320. The summed E-state index contributed by atoms with van der Waals surface area (Å²) in [5.74, 6) is 1.66. The van der Waals surface area contributed by atoms with Crippen molar-refractivity contribution in [1.29, 1.82) is 5.26 Å². The van der Waals surface area contributed by atoms with Crippen LogP contribution in [0, 0.1) is 11.3 Å². The predicted molar refractivity (Wildman–Crippen MR) is 235 cm³/mol. The Morgan fingerprint density at radius 2 is 0.793 bits per heavy atom. The molecule has 3 aromatic heterocycles. The molecular weight excluding hydrogens is 709 g/mol. The second-order valence-corrected chi connectivity index (χ2v) is 14.4. The molecule has 270 valence electrons. The fourth-order valence-corrected chi connectivity index (χ4v) is 8.32. The van der Waals surface area contributed by atoms with Crippen LogP contribution >= 0.6 is 0 Å². The molecule has 8 aromatic carbocycles. The maximum absolute atomic E-state index is 10.7. The first-order valence-corrected chi connectivity index (χ1v) is 19.3. The summed E-state index contributed by atoms with van der Waals surface area (Å²) >= 11 is 0. The third kappa shape index (κ3) is 5.45. The van der Waals surface area contributed by atoms with Gasteiger partial charge >= 0.3 is 0 Å². The lowest BCUT2D eigenvalue weighted by molar-refractivity contribution is 1.07. The normalized spacial score (nSPS) is 11.4. The molecule has 11 rings (SSSR count). The van der Waals surface area contributed by atoms with Gasteiger partial charge < -0.3 is 9.13 Å². The molecule has 0 unspecified atom stereocenters. The van der Waals surface area contributed by atoms with E-state index >= 15 is 0 Å². The van der Waals surface area contributed by atoms with E-state index in [-0.39, 0.29) is 0 Å². The van der Waals surface area contributed by atoms with Crippen molar-refractivity contribution in [3.05, 3.63) is 200 Å². The van der Waals surface area contributed by atoms with Crippen LogP contribution < -0.4 is 0 Å². The summed E-state index contributed by atoms with van der Waals surface area (Å²) < 4.78 is 4.72. The van der Waals surface area contributed by atoms with Gasteiger partial charge in [0.1, 0.15) is 0 Å². The minimum Gasteiger partial charge on any atom is -0.309 e. The molecule has 0 saturated heterocycles. The third-order valence-electron chi connectivity index (χ3n) is 11.0. The zero-order valence-corrected chi connectivity index (χ0v) is 31.2. The van der Waals surface area contributed by atoms with E-state index in [1.54, 1.807) is 0 Å². The number of hydrogen-bond acceptors (Lipinski definition) is 4. The maximum Gasteiger partial charge on any atom is 0.164 e. The molecule has 0 atom stereocenters. The molecule has 0 aliphatic heterocycles. The first-order valence-electron chi connectivity index (χ1n) is 19.3. The lowest BCUT2D eigenvalue weighted by Gasteiger charge is -2.11. The van der Waals surface area contributed by atoms with Crippen molar-refractivity contribution < 1.29 is 0 Å². The van der Waals surface area contributed by atoms with Gasteiger partial charge in [0.2, 0.25) is 0 Å². The molecule has 0 fully saturated rings. The molecule has 0 radical (unpaired) electrons. The largest absolute Gasteiger partial charge is 0.309 e. The Balaban J connectivity index is 1.10. The molecule has 0 amide bonds. The Hall–Kier alpha value is -8.14. The van der Waals surface area contributed by atoms with Gasteiger partial charge in [-0.2, -0.15) is 5.26 Å². The van der Waals surface area contributed by atoms with Crippen LogP contribution in [0.15, 0.2) is 194 Å². The smallest absolute Gasteiger partial charge is 0.164 e. The molecule has 0 aliphatic rings. The lowest BCUT2D eigenvalue weighted by atomic mass is 9.96. The van der Waals surface area contributed by atoms with Gasteiger partial charge in [-0.05, 0) is 65.7 Å². The van der Waals surface area contributed by atoms with E-state index in [2.05, 4.69) is 124 Å². The first kappa shape index (κ1) is 33.2. The van der Waals surface area contributed by atoms with E-state index in [9.17, 15) is 5.26 Å². The summed E-state index contributed by atoms with van der Waals surface area (Å²) in [5, 5.41) is 15.4. The molecule has 0 bridgehead atoms. The van der Waals surface area contributed by atoms with Crippen LogP contribution in [0.5, 0.6) is 0 Å². The SMILES string of the molecule is N#Cc1cc(-c2nc(-c3ccccc3)nc(-c3ccccc3)n2)ccc1-c1ccc2c3cc4c(cc3n(-c3ccccc3)c2c1)c1ccccc1n4-c1ccccc1. The zero-order chi connectivity index (χ0) is 38.6. The van der Waals surface area contributed by atoms with Crippen LogP contribution in [0.2, 0.25) is 0 Å². The molecule has 0 aliphatic carbocycles. The molecule has 58 heavy (non-hydrogen) atoms. The van der Waals surface area contributed by atoms with Crippen LogP contribution in [0.25, 0.3) is 100 Å². The Kier molecular flexibility index (Phi) is 7.76. The van der Waals surface area contributed by atoms with Crippen LogP contribution in [0.1, 0.15) is 5.56 Å². The first-order chi connectivity index (χ1) is 28.7. The summed E-state index contributed by atoms with van der Waals surface area (Å²) in [5.41, 5.74) is 11.6. The summed E-state index contributed by atoms with van der Waals surface area (Å²) in [7, 11) is 0. The van der Waals surface area contributed by atoms with Crippen molar-refractivity contribution in [1.82, 2.24) is 24.1 Å². The number of aromatic nitrogens is 5. The van der Waals surface area contributed by atoms with Gasteiger partial charge in [0.05, 0.1) is 33.7 Å². The molecular formula is C52H32N6. The zero-order valence-electron chi connectivity index (χ0n) is 31.2. The number of fused-ring (bicyclic) bond motifs is 6. The Labute approximate surface area is 334 Å². The Morgan fingerprint density at radius 1 is 0.345 bits per heavy atom. The minimum atomic E-state index is 0.509. The summed E-state index contributed by atoms with van der Waals surface area (Å²) in [6.07, 6.45) is 0. The van der Waals surface area contributed by atoms with Crippen molar-refractivity contribution in [3.63, 3.8) is 0 Å². The summed E-state index contributed by atoms with van der Waals surface area (Å²) in [6, 6.07) is 69.2. The lowest BCUT2D eigenvalue weighted by Crippen LogP contribution is -2.00. The van der Waals surface area contributed by atoms with Crippen LogP contribution in [-0.4, -0.2) is 24.1 Å². The number of rotatable bonds is 6. The van der Waals surface area contributed by atoms with Crippen molar-refractivity contribution in [2.24, 2.45) is 0 Å². The minimum absolute atomic E-state index is 0.509. The third-order valence-corrected chi connectivity index (χ3v) is 11.0. The highest BCUT2D eigenvalue weighted by molar-refractivity contribution is 6.19. The van der Waals surface area contributed by atoms with Gasteiger partial charge in [0, 0.05) is 49.6 Å². The van der Waals surface area contributed by atoms with Gasteiger partial charge in [-0.1, -0.05) is 140 Å². The molecule has 0 N–H and O–H groups in total. The topological polar surface area (TPSA) is 72.3 Å². The fourth-order valence-electron chi connectivity index (χ4n) is 8.32. The predicted octanol–water partition coefficient (Wildman–Crippen LogP) is 12.6. The number of nitrogens with zero attached hydrogens (tertiary/aromatic N) is 6. The molecule has 6 heteroatoms. The van der Waals surface area contributed by atoms with Gasteiger partial charge in [-0.3, -0.25) is 0 Å². The second kappa shape index (κ2) is 13.6. The standard InChI is InChI=1S/C52H32N6/c53-33-38-29-37(52-55-50(34-15-5-1-6-16-34)54-51(56-52)35-17-7-2-8-18-35)26-27-41(38)36-25-28-43-45-32-48-44(31-49(45)58(47(43)30-36)40-21-11-4-12-22-40)42-23-13-14-24-46(42)57(48)39-19-9-3-10-20-39/h1-32H. The van der Waals surface area contributed by atoms with Gasteiger partial charge in [0.15, 0.2) is 17.5 Å².